The van der Waals surface area contributed by atoms with Crippen LogP contribution >= 0.6 is 0 Å². The van der Waals surface area contributed by atoms with Crippen molar-refractivity contribution in [3.05, 3.63) is 97.2 Å². The summed E-state index contributed by atoms with van der Waals surface area (Å²) in [6, 6.07) is 0. The molecule has 1 unspecified atom stereocenters. The first-order valence-corrected chi connectivity index (χ1v) is 32.2. The molecule has 0 saturated carbocycles. The monoisotopic (exact) mass is 1060 g/mol. The third-order valence-corrected chi connectivity index (χ3v) is 13.9. The molecular formula is C70H120O6. The molecule has 0 saturated heterocycles. The van der Waals surface area contributed by atoms with Crippen LogP contribution in [0.4, 0.5) is 0 Å². The molecule has 0 rings (SSSR count). The van der Waals surface area contributed by atoms with Gasteiger partial charge in [-0.15, -0.1) is 0 Å². The van der Waals surface area contributed by atoms with Gasteiger partial charge in [0.05, 0.1) is 0 Å². The molecule has 1 atom stereocenters. The zero-order chi connectivity index (χ0) is 55.0. The van der Waals surface area contributed by atoms with Crippen LogP contribution < -0.4 is 0 Å². The van der Waals surface area contributed by atoms with Gasteiger partial charge in [-0.2, -0.15) is 0 Å². The van der Waals surface area contributed by atoms with Crippen LogP contribution in [0.15, 0.2) is 97.2 Å². The summed E-state index contributed by atoms with van der Waals surface area (Å²) in [5.74, 6) is -0.882. The lowest BCUT2D eigenvalue weighted by atomic mass is 10.0. The Morgan fingerprint density at radius 3 is 0.803 bits per heavy atom. The van der Waals surface area contributed by atoms with Crippen molar-refractivity contribution in [2.45, 2.75) is 316 Å². The highest BCUT2D eigenvalue weighted by molar-refractivity contribution is 5.71. The van der Waals surface area contributed by atoms with Crippen LogP contribution in [0.3, 0.4) is 0 Å². The molecule has 0 aromatic carbocycles. The normalized spacial score (nSPS) is 12.7. The van der Waals surface area contributed by atoms with E-state index in [1.165, 1.54) is 154 Å². The number of unbranched alkanes of at least 4 members (excludes halogenated alkanes) is 31. The highest BCUT2D eigenvalue weighted by Crippen LogP contribution is 2.17. The van der Waals surface area contributed by atoms with E-state index in [0.717, 1.165) is 116 Å². The van der Waals surface area contributed by atoms with E-state index in [1.54, 1.807) is 0 Å². The van der Waals surface area contributed by atoms with Crippen LogP contribution in [0.25, 0.3) is 0 Å². The van der Waals surface area contributed by atoms with E-state index in [1.807, 2.05) is 0 Å². The van der Waals surface area contributed by atoms with Crippen molar-refractivity contribution in [2.24, 2.45) is 0 Å². The predicted molar refractivity (Wildman–Crippen MR) is 330 cm³/mol. The van der Waals surface area contributed by atoms with Gasteiger partial charge in [0.1, 0.15) is 13.2 Å². The van der Waals surface area contributed by atoms with E-state index in [4.69, 9.17) is 14.2 Å². The minimum Gasteiger partial charge on any atom is -0.462 e. The van der Waals surface area contributed by atoms with Gasteiger partial charge in [-0.05, 0) is 83.5 Å². The highest BCUT2D eigenvalue weighted by Gasteiger charge is 2.19. The van der Waals surface area contributed by atoms with Crippen molar-refractivity contribution >= 4 is 17.9 Å². The summed E-state index contributed by atoms with van der Waals surface area (Å²) in [6.45, 7) is 6.47. The molecule has 6 nitrogen and oxygen atoms in total. The first-order valence-electron chi connectivity index (χ1n) is 32.2. The molecule has 0 spiro atoms. The predicted octanol–water partition coefficient (Wildman–Crippen LogP) is 22.0. The molecule has 0 bridgehead atoms. The van der Waals surface area contributed by atoms with Crippen LogP contribution in [0.2, 0.25) is 0 Å². The number of esters is 3. The Morgan fingerprint density at radius 2 is 0.513 bits per heavy atom. The zero-order valence-electron chi connectivity index (χ0n) is 50.0. The van der Waals surface area contributed by atoms with Gasteiger partial charge in [-0.3, -0.25) is 14.4 Å². The summed E-state index contributed by atoms with van der Waals surface area (Å²) in [4.78, 5) is 37.9. The van der Waals surface area contributed by atoms with E-state index >= 15 is 0 Å². The second-order valence-electron chi connectivity index (χ2n) is 21.3. The van der Waals surface area contributed by atoms with E-state index in [9.17, 15) is 14.4 Å². The smallest absolute Gasteiger partial charge is 0.306 e. The SMILES string of the molecule is CC/C=C\C/C=C\C/C=C\C/C=C\C/C=C\C/C=C\C/C=C\C/C=C\CCCCCCCCCCCCC(=O)OCC(COC(=O)CCCCCCC)OC(=O)CCCCCCCCCCCCCCCCCCCC. The molecule has 0 amide bonds. The van der Waals surface area contributed by atoms with E-state index in [2.05, 4.69) is 118 Å². The summed E-state index contributed by atoms with van der Waals surface area (Å²) in [5.41, 5.74) is 0. The Labute approximate surface area is 470 Å². The number of rotatable bonds is 58. The van der Waals surface area contributed by atoms with Crippen molar-refractivity contribution in [3.63, 3.8) is 0 Å². The van der Waals surface area contributed by atoms with Gasteiger partial charge in [-0.1, -0.05) is 304 Å². The quantitative estimate of drug-likeness (QED) is 0.0261. The molecule has 0 aliphatic heterocycles. The fourth-order valence-corrected chi connectivity index (χ4v) is 9.05. The summed E-state index contributed by atoms with van der Waals surface area (Å²) < 4.78 is 16.8. The topological polar surface area (TPSA) is 78.9 Å². The molecule has 0 aromatic rings. The maximum absolute atomic E-state index is 12.8. The van der Waals surface area contributed by atoms with E-state index in [0.29, 0.717) is 19.3 Å². The lowest BCUT2D eigenvalue weighted by molar-refractivity contribution is -0.167. The van der Waals surface area contributed by atoms with Crippen molar-refractivity contribution in [2.75, 3.05) is 13.2 Å². The maximum atomic E-state index is 12.8. The van der Waals surface area contributed by atoms with Gasteiger partial charge in [0.2, 0.25) is 0 Å². The fourth-order valence-electron chi connectivity index (χ4n) is 9.05. The molecule has 76 heavy (non-hydrogen) atoms. The summed E-state index contributed by atoms with van der Waals surface area (Å²) in [7, 11) is 0. The summed E-state index contributed by atoms with van der Waals surface area (Å²) in [5, 5.41) is 0. The lowest BCUT2D eigenvalue weighted by Gasteiger charge is -2.18. The largest absolute Gasteiger partial charge is 0.462 e. The molecule has 0 aliphatic rings. The third-order valence-electron chi connectivity index (χ3n) is 13.9. The molecule has 6 heteroatoms. The first kappa shape index (κ1) is 72.3. The number of ether oxygens (including phenoxy) is 3. The van der Waals surface area contributed by atoms with Crippen molar-refractivity contribution in [3.8, 4) is 0 Å². The minimum absolute atomic E-state index is 0.0753. The molecular weight excluding hydrogens is 937 g/mol. The lowest BCUT2D eigenvalue weighted by Crippen LogP contribution is -2.30. The van der Waals surface area contributed by atoms with Gasteiger partial charge in [0, 0.05) is 19.3 Å². The Bertz CT molecular complexity index is 1490. The van der Waals surface area contributed by atoms with Gasteiger partial charge in [0.25, 0.3) is 0 Å². The number of carbonyl (C=O) groups is 3. The van der Waals surface area contributed by atoms with Gasteiger partial charge < -0.3 is 14.2 Å². The van der Waals surface area contributed by atoms with Crippen molar-refractivity contribution < 1.29 is 28.6 Å². The van der Waals surface area contributed by atoms with Crippen molar-refractivity contribution in [1.82, 2.24) is 0 Å². The van der Waals surface area contributed by atoms with E-state index < -0.39 is 6.10 Å². The maximum Gasteiger partial charge on any atom is 0.306 e. The van der Waals surface area contributed by atoms with Crippen LogP contribution in [0.5, 0.6) is 0 Å². The molecule has 0 N–H and O–H groups in total. The van der Waals surface area contributed by atoms with Gasteiger partial charge >= 0.3 is 17.9 Å². The zero-order valence-corrected chi connectivity index (χ0v) is 50.0. The average molecular weight is 1060 g/mol. The van der Waals surface area contributed by atoms with Crippen molar-refractivity contribution in [1.29, 1.82) is 0 Å². The Morgan fingerprint density at radius 1 is 0.276 bits per heavy atom. The fraction of sp³-hybridized carbons (Fsp3) is 0.729. The average Bonchev–Trinajstić information content (AvgIpc) is 3.42. The third kappa shape index (κ3) is 61.2. The molecule has 0 radical (unpaired) electrons. The number of carbonyl (C=O) groups excluding carboxylic acids is 3. The van der Waals surface area contributed by atoms with Crippen LogP contribution in [0, 0.1) is 0 Å². The summed E-state index contributed by atoms with van der Waals surface area (Å²) in [6.07, 6.45) is 86.1. The molecule has 0 fully saturated rings. The standard InChI is InChI=1S/C70H120O6/c1-4-7-10-13-15-17-19-21-23-25-27-28-29-30-31-32-33-34-35-36-37-38-39-40-41-42-43-45-46-48-50-52-54-57-60-63-69(72)75-66-67(65-74-68(71)62-59-56-12-9-6-3)76-70(73)64-61-58-55-53-51-49-47-44-26-24-22-20-18-16-14-11-8-5-2/h7,10,15,17,21,23,27-28,30-31,33-34,36-37,39-40,67H,4-6,8-9,11-14,16,18-20,22,24-26,29,32,35,38,41-66H2,1-3H3/b10-7-,17-15-,23-21-,28-27-,31-30-,34-33-,37-36-,40-39-. The van der Waals surface area contributed by atoms with Crippen LogP contribution in [0.1, 0.15) is 310 Å². The number of hydrogen-bond donors (Lipinski definition) is 0. The molecule has 0 aliphatic carbocycles. The molecule has 436 valence electrons. The van der Waals surface area contributed by atoms with Gasteiger partial charge in [0.15, 0.2) is 6.10 Å². The summed E-state index contributed by atoms with van der Waals surface area (Å²) >= 11 is 0. The minimum atomic E-state index is -0.773. The second-order valence-corrected chi connectivity index (χ2v) is 21.3. The Hall–Kier alpha value is -3.67. The number of allylic oxidation sites excluding steroid dienone is 16. The van der Waals surface area contributed by atoms with Gasteiger partial charge in [-0.25, -0.2) is 0 Å². The van der Waals surface area contributed by atoms with E-state index in [-0.39, 0.29) is 31.1 Å². The Kier molecular flexibility index (Phi) is 60.8. The first-order chi connectivity index (χ1) is 37.5. The Balaban J connectivity index is 4.01. The highest BCUT2D eigenvalue weighted by atomic mass is 16.6. The molecule has 0 aromatic heterocycles. The van der Waals surface area contributed by atoms with Crippen LogP contribution in [-0.4, -0.2) is 37.2 Å². The molecule has 0 heterocycles. The second kappa shape index (κ2) is 63.9. The number of hydrogen-bond acceptors (Lipinski definition) is 6. The van der Waals surface area contributed by atoms with Crippen LogP contribution in [-0.2, 0) is 28.6 Å².